The molecule has 0 radical (unpaired) electrons. The largest absolute Gasteiger partial charge is 0.393 e. The van der Waals surface area contributed by atoms with E-state index in [9.17, 15) is 5.11 Å². The van der Waals surface area contributed by atoms with E-state index in [0.29, 0.717) is 5.92 Å². The van der Waals surface area contributed by atoms with Crippen LogP contribution in [0.1, 0.15) is 50.1 Å². The number of aliphatic hydroxyl groups excluding tert-OH is 1. The minimum Gasteiger partial charge on any atom is -0.393 e. The maximum Gasteiger partial charge on any atom is 0.0956 e. The number of imidazole rings is 1. The normalized spacial score (nSPS) is 38.6. The van der Waals surface area contributed by atoms with Crippen LogP contribution >= 0.6 is 0 Å². The molecule has 1 N–H and O–H groups in total. The van der Waals surface area contributed by atoms with Gasteiger partial charge in [-0.1, -0.05) is 24.3 Å². The first-order valence-corrected chi connectivity index (χ1v) is 10.1. The molecule has 2 atom stereocenters. The molecule has 0 saturated heterocycles. The van der Waals surface area contributed by atoms with Crippen molar-refractivity contribution in [2.24, 2.45) is 29.6 Å². The molecule has 25 heavy (non-hydrogen) atoms. The molecule has 7 rings (SSSR count). The Morgan fingerprint density at radius 2 is 1.76 bits per heavy atom. The summed E-state index contributed by atoms with van der Waals surface area (Å²) in [6.45, 7) is 0. The third-order valence-electron chi connectivity index (χ3n) is 7.81. The fourth-order valence-electron chi connectivity index (χ4n) is 7.15. The standard InChI is InChI=1S/C22H26N2O/c25-21(22-15-6-13-5-14(8-15)9-16(22)7-13)10-19-17-3-1-2-4-18(17)20-11-23-12-24(19)20/h1-4,11-16,19,21-22,25H,5-10H2/t13?,14?,15?,16?,19-,21+,22?/m0/s1. The van der Waals surface area contributed by atoms with Crippen molar-refractivity contribution in [2.75, 3.05) is 0 Å². The molecule has 1 aromatic carbocycles. The smallest absolute Gasteiger partial charge is 0.0956 e. The van der Waals surface area contributed by atoms with Crippen molar-refractivity contribution in [3.8, 4) is 11.3 Å². The second-order valence-electron chi connectivity index (χ2n) is 9.10. The second-order valence-corrected chi connectivity index (χ2v) is 9.10. The van der Waals surface area contributed by atoms with Crippen LogP contribution in [-0.2, 0) is 0 Å². The van der Waals surface area contributed by atoms with Crippen LogP contribution in [0.4, 0.5) is 0 Å². The van der Waals surface area contributed by atoms with Gasteiger partial charge in [0.25, 0.3) is 0 Å². The molecule has 130 valence electrons. The van der Waals surface area contributed by atoms with E-state index in [1.54, 1.807) is 0 Å². The van der Waals surface area contributed by atoms with Crippen LogP contribution in [0.15, 0.2) is 36.8 Å². The highest BCUT2D eigenvalue weighted by Crippen LogP contribution is 2.58. The van der Waals surface area contributed by atoms with Crippen molar-refractivity contribution < 1.29 is 5.11 Å². The fourth-order valence-corrected chi connectivity index (χ4v) is 7.15. The molecule has 4 fully saturated rings. The third kappa shape index (κ3) is 2.05. The van der Waals surface area contributed by atoms with Gasteiger partial charge in [0, 0.05) is 5.56 Å². The molecule has 4 saturated carbocycles. The average molecular weight is 334 g/mol. The van der Waals surface area contributed by atoms with Gasteiger partial charge in [-0.25, -0.2) is 4.98 Å². The van der Waals surface area contributed by atoms with Crippen molar-refractivity contribution in [1.29, 1.82) is 0 Å². The molecule has 2 aromatic rings. The van der Waals surface area contributed by atoms with Crippen LogP contribution in [0, 0.1) is 29.6 Å². The third-order valence-corrected chi connectivity index (χ3v) is 7.81. The molecule has 4 bridgehead atoms. The minimum atomic E-state index is -0.179. The summed E-state index contributed by atoms with van der Waals surface area (Å²) in [5, 5.41) is 11.3. The second kappa shape index (κ2) is 5.20. The number of hydrogen-bond acceptors (Lipinski definition) is 2. The van der Waals surface area contributed by atoms with Crippen molar-refractivity contribution in [3.05, 3.63) is 42.4 Å². The Morgan fingerprint density at radius 3 is 2.52 bits per heavy atom. The van der Waals surface area contributed by atoms with E-state index in [2.05, 4.69) is 33.8 Å². The summed E-state index contributed by atoms with van der Waals surface area (Å²) in [5.74, 6) is 4.04. The summed E-state index contributed by atoms with van der Waals surface area (Å²) in [6.07, 6.45) is 11.6. The topological polar surface area (TPSA) is 38.1 Å². The van der Waals surface area contributed by atoms with E-state index < -0.39 is 0 Å². The molecule has 3 heteroatoms. The summed E-state index contributed by atoms with van der Waals surface area (Å²) >= 11 is 0. The summed E-state index contributed by atoms with van der Waals surface area (Å²) in [5.41, 5.74) is 3.86. The Bertz CT molecular complexity index is 782. The predicted molar refractivity (Wildman–Crippen MR) is 97.0 cm³/mol. The van der Waals surface area contributed by atoms with Gasteiger partial charge in [0.05, 0.1) is 30.4 Å². The SMILES string of the molecule is O[C@H](C[C@H]1c2ccccc2-c2cncn21)C1C2CC3CC(C2)CC1C3. The lowest BCUT2D eigenvalue weighted by Crippen LogP contribution is -2.49. The van der Waals surface area contributed by atoms with Gasteiger partial charge in [-0.15, -0.1) is 0 Å². The summed E-state index contributed by atoms with van der Waals surface area (Å²) in [6, 6.07) is 8.91. The first-order chi connectivity index (χ1) is 12.3. The Labute approximate surface area is 149 Å². The molecule has 4 aliphatic carbocycles. The van der Waals surface area contributed by atoms with Gasteiger partial charge in [-0.2, -0.15) is 0 Å². The van der Waals surface area contributed by atoms with Crippen molar-refractivity contribution >= 4 is 0 Å². The van der Waals surface area contributed by atoms with Crippen LogP contribution in [0.2, 0.25) is 0 Å². The molecular formula is C22H26N2O. The highest BCUT2D eigenvalue weighted by Gasteiger charge is 2.50. The van der Waals surface area contributed by atoms with Crippen LogP contribution in [-0.4, -0.2) is 20.8 Å². The van der Waals surface area contributed by atoms with Crippen LogP contribution in [0.25, 0.3) is 11.3 Å². The lowest BCUT2D eigenvalue weighted by atomic mass is 9.50. The molecule has 0 unspecified atom stereocenters. The van der Waals surface area contributed by atoms with E-state index in [1.807, 2.05) is 12.5 Å². The van der Waals surface area contributed by atoms with Gasteiger partial charge in [0.15, 0.2) is 0 Å². The Hall–Kier alpha value is -1.61. The number of nitrogens with zero attached hydrogens (tertiary/aromatic N) is 2. The number of rotatable bonds is 3. The van der Waals surface area contributed by atoms with Crippen molar-refractivity contribution in [3.63, 3.8) is 0 Å². The number of benzene rings is 1. The average Bonchev–Trinajstić information content (AvgIpc) is 3.17. The summed E-state index contributed by atoms with van der Waals surface area (Å²) < 4.78 is 2.28. The molecule has 1 aromatic heterocycles. The van der Waals surface area contributed by atoms with Gasteiger partial charge in [-0.3, -0.25) is 0 Å². The Kier molecular flexibility index (Phi) is 3.03. The van der Waals surface area contributed by atoms with Crippen molar-refractivity contribution in [1.82, 2.24) is 9.55 Å². The predicted octanol–water partition coefficient (Wildman–Crippen LogP) is 4.28. The molecule has 0 amide bonds. The molecule has 1 aliphatic heterocycles. The van der Waals surface area contributed by atoms with E-state index in [-0.39, 0.29) is 12.1 Å². The van der Waals surface area contributed by atoms with Gasteiger partial charge in [-0.05, 0) is 73.7 Å². The molecule has 0 spiro atoms. The quantitative estimate of drug-likeness (QED) is 0.910. The van der Waals surface area contributed by atoms with Gasteiger partial charge in [0.1, 0.15) is 0 Å². The number of aromatic nitrogens is 2. The van der Waals surface area contributed by atoms with Crippen molar-refractivity contribution in [2.45, 2.75) is 50.7 Å². The lowest BCUT2D eigenvalue weighted by molar-refractivity contribution is -0.0930. The first-order valence-electron chi connectivity index (χ1n) is 10.1. The zero-order valence-corrected chi connectivity index (χ0v) is 14.6. The number of hydrogen-bond donors (Lipinski definition) is 1. The maximum absolute atomic E-state index is 11.3. The van der Waals surface area contributed by atoms with E-state index in [0.717, 1.165) is 30.1 Å². The fraction of sp³-hybridized carbons (Fsp3) is 0.591. The minimum absolute atomic E-state index is 0.179. The number of fused-ring (bicyclic) bond motifs is 3. The van der Waals surface area contributed by atoms with E-state index in [1.165, 1.54) is 48.9 Å². The maximum atomic E-state index is 11.3. The highest BCUT2D eigenvalue weighted by molar-refractivity contribution is 5.68. The lowest BCUT2D eigenvalue weighted by Gasteiger charge is -2.55. The molecule has 2 heterocycles. The van der Waals surface area contributed by atoms with E-state index in [4.69, 9.17) is 0 Å². The zero-order chi connectivity index (χ0) is 16.5. The highest BCUT2D eigenvalue weighted by atomic mass is 16.3. The molecule has 3 nitrogen and oxygen atoms in total. The van der Waals surface area contributed by atoms with E-state index >= 15 is 0 Å². The molecule has 5 aliphatic rings. The monoisotopic (exact) mass is 334 g/mol. The van der Waals surface area contributed by atoms with Crippen LogP contribution in [0.5, 0.6) is 0 Å². The van der Waals surface area contributed by atoms with Gasteiger partial charge in [0.2, 0.25) is 0 Å². The first kappa shape index (κ1) is 14.5. The zero-order valence-electron chi connectivity index (χ0n) is 14.6. The van der Waals surface area contributed by atoms with Crippen LogP contribution in [0.3, 0.4) is 0 Å². The summed E-state index contributed by atoms with van der Waals surface area (Å²) in [4.78, 5) is 4.37. The van der Waals surface area contributed by atoms with Gasteiger partial charge < -0.3 is 9.67 Å². The molecular weight excluding hydrogens is 308 g/mol. The van der Waals surface area contributed by atoms with Gasteiger partial charge >= 0.3 is 0 Å². The Morgan fingerprint density at radius 1 is 1.04 bits per heavy atom. The number of aliphatic hydroxyl groups is 1. The summed E-state index contributed by atoms with van der Waals surface area (Å²) in [7, 11) is 0. The Balaban J connectivity index is 1.30. The van der Waals surface area contributed by atoms with Crippen LogP contribution < -0.4 is 0 Å².